The number of hydrogen-bond acceptors (Lipinski definition) is 3. The number of hydrogen-bond donors (Lipinski definition) is 0. The predicted octanol–water partition coefficient (Wildman–Crippen LogP) is 2.96. The van der Waals surface area contributed by atoms with Crippen molar-refractivity contribution in [2.24, 2.45) is 7.05 Å². The Morgan fingerprint density at radius 2 is 1.82 bits per heavy atom. The fourth-order valence-electron chi connectivity index (χ4n) is 3.59. The zero-order valence-electron chi connectivity index (χ0n) is 15.8. The van der Waals surface area contributed by atoms with Crippen molar-refractivity contribution < 1.29 is 18.0 Å². The number of halogens is 3. The van der Waals surface area contributed by atoms with Crippen LogP contribution in [0.2, 0.25) is 0 Å². The van der Waals surface area contributed by atoms with E-state index in [1.54, 1.807) is 4.90 Å². The molecule has 152 valence electrons. The molecule has 1 saturated heterocycles. The molecule has 3 rings (SSSR count). The lowest BCUT2D eigenvalue weighted by Crippen LogP contribution is -2.41. The van der Waals surface area contributed by atoms with Gasteiger partial charge in [-0.15, -0.1) is 5.10 Å². The van der Waals surface area contributed by atoms with Gasteiger partial charge in [-0.25, -0.2) is 9.48 Å². The monoisotopic (exact) mass is 396 g/mol. The van der Waals surface area contributed by atoms with E-state index < -0.39 is 23.7 Å². The van der Waals surface area contributed by atoms with Gasteiger partial charge in [0.15, 0.2) is 0 Å². The van der Waals surface area contributed by atoms with Crippen LogP contribution in [0.25, 0.3) is 0 Å². The summed E-state index contributed by atoms with van der Waals surface area (Å²) in [4.78, 5) is 26.4. The molecular formula is C19H23F3N4O2. The van der Waals surface area contributed by atoms with Gasteiger partial charge in [-0.2, -0.15) is 13.2 Å². The van der Waals surface area contributed by atoms with Crippen LogP contribution < -0.4 is 5.69 Å². The summed E-state index contributed by atoms with van der Waals surface area (Å²) in [6.45, 7) is 2.79. The maximum absolute atomic E-state index is 13.0. The van der Waals surface area contributed by atoms with Gasteiger partial charge in [-0.05, 0) is 24.3 Å². The van der Waals surface area contributed by atoms with E-state index in [4.69, 9.17) is 0 Å². The predicted molar refractivity (Wildman–Crippen MR) is 96.8 cm³/mol. The summed E-state index contributed by atoms with van der Waals surface area (Å²) in [7, 11) is 1.07. The van der Waals surface area contributed by atoms with Crippen LogP contribution in [-0.2, 0) is 18.0 Å². The van der Waals surface area contributed by atoms with Crippen molar-refractivity contribution in [2.75, 3.05) is 13.1 Å². The highest BCUT2D eigenvalue weighted by atomic mass is 19.4. The molecule has 0 radical (unpaired) electrons. The Kier molecular flexibility index (Phi) is 5.62. The van der Waals surface area contributed by atoms with Crippen molar-refractivity contribution in [1.82, 2.24) is 19.2 Å². The molecule has 1 amide bonds. The summed E-state index contributed by atoms with van der Waals surface area (Å²) in [5, 5.41) is 3.50. The summed E-state index contributed by atoms with van der Waals surface area (Å²) < 4.78 is 40.3. The van der Waals surface area contributed by atoms with Crippen LogP contribution in [0.5, 0.6) is 0 Å². The molecule has 1 aliphatic heterocycles. The Morgan fingerprint density at radius 3 is 2.36 bits per heavy atom. The normalized spacial score (nSPS) is 17.0. The number of carbonyl (C=O) groups is 1. The Bertz CT molecular complexity index is 881. The Hall–Kier alpha value is -2.58. The van der Waals surface area contributed by atoms with Gasteiger partial charge in [0.2, 0.25) is 11.7 Å². The average molecular weight is 396 g/mol. The van der Waals surface area contributed by atoms with Gasteiger partial charge in [-0.3, -0.25) is 9.36 Å². The summed E-state index contributed by atoms with van der Waals surface area (Å²) in [6.07, 6.45) is -3.50. The van der Waals surface area contributed by atoms with Gasteiger partial charge < -0.3 is 4.90 Å². The third-order valence-electron chi connectivity index (χ3n) is 5.27. The molecule has 0 saturated carbocycles. The highest BCUT2D eigenvalue weighted by Gasteiger charge is 2.39. The first-order valence-electron chi connectivity index (χ1n) is 9.24. The molecule has 1 atom stereocenters. The SMILES string of the molecule is C[C@@H](CC(=O)N1CCC(n2nc(C(F)(F)F)n(C)c2=O)CC1)c1ccccc1. The molecule has 9 heteroatoms. The molecule has 0 bridgehead atoms. The topological polar surface area (TPSA) is 60.1 Å². The fraction of sp³-hybridized carbons (Fsp3) is 0.526. The molecule has 28 heavy (non-hydrogen) atoms. The standard InChI is InChI=1S/C19H23F3N4O2/c1-13(14-6-4-3-5-7-14)12-16(27)25-10-8-15(9-11-25)26-18(28)24(2)17(23-26)19(20,21)22/h3-7,13,15H,8-12H2,1-2H3/t13-/m0/s1. The lowest BCUT2D eigenvalue weighted by atomic mass is 9.96. The molecule has 0 N–H and O–H groups in total. The van der Waals surface area contributed by atoms with E-state index in [2.05, 4.69) is 5.10 Å². The summed E-state index contributed by atoms with van der Waals surface area (Å²) in [5.41, 5.74) is 0.306. The first-order valence-corrected chi connectivity index (χ1v) is 9.24. The zero-order valence-corrected chi connectivity index (χ0v) is 15.8. The molecule has 1 fully saturated rings. The van der Waals surface area contributed by atoms with Crippen molar-refractivity contribution in [3.8, 4) is 0 Å². The molecular weight excluding hydrogens is 373 g/mol. The molecule has 0 spiro atoms. The first kappa shape index (κ1) is 20.2. The van der Waals surface area contributed by atoms with Crippen LogP contribution >= 0.6 is 0 Å². The number of amides is 1. The highest BCUT2D eigenvalue weighted by Crippen LogP contribution is 2.28. The van der Waals surface area contributed by atoms with Crippen molar-refractivity contribution in [3.63, 3.8) is 0 Å². The summed E-state index contributed by atoms with van der Waals surface area (Å²) in [6, 6.07) is 9.31. The molecule has 1 aromatic heterocycles. The van der Waals surface area contributed by atoms with Crippen LogP contribution in [0.15, 0.2) is 35.1 Å². The van der Waals surface area contributed by atoms with Crippen LogP contribution in [0, 0.1) is 0 Å². The van der Waals surface area contributed by atoms with Gasteiger partial charge >= 0.3 is 11.9 Å². The number of rotatable bonds is 4. The largest absolute Gasteiger partial charge is 0.451 e. The minimum atomic E-state index is -4.68. The fourth-order valence-corrected chi connectivity index (χ4v) is 3.59. The first-order chi connectivity index (χ1) is 13.2. The maximum atomic E-state index is 13.0. The smallest absolute Gasteiger partial charge is 0.343 e. The quantitative estimate of drug-likeness (QED) is 0.798. The minimum absolute atomic E-state index is 0.0131. The van der Waals surface area contributed by atoms with E-state index in [0.29, 0.717) is 36.9 Å². The Morgan fingerprint density at radius 1 is 1.21 bits per heavy atom. The Labute approximate surface area is 160 Å². The summed E-state index contributed by atoms with van der Waals surface area (Å²) >= 11 is 0. The van der Waals surface area contributed by atoms with E-state index in [1.165, 1.54) is 0 Å². The molecule has 1 aromatic carbocycles. The van der Waals surface area contributed by atoms with Crippen molar-refractivity contribution in [2.45, 2.75) is 44.3 Å². The van der Waals surface area contributed by atoms with Crippen molar-refractivity contribution in [1.29, 1.82) is 0 Å². The average Bonchev–Trinajstić information content (AvgIpc) is 2.98. The van der Waals surface area contributed by atoms with Crippen molar-refractivity contribution in [3.05, 3.63) is 52.2 Å². The number of aromatic nitrogens is 3. The number of likely N-dealkylation sites (tertiary alicyclic amines) is 1. The second-order valence-corrected chi connectivity index (χ2v) is 7.24. The molecule has 0 unspecified atom stereocenters. The lowest BCUT2D eigenvalue weighted by Gasteiger charge is -2.32. The molecule has 6 nitrogen and oxygen atoms in total. The van der Waals surface area contributed by atoms with Gasteiger partial charge in [-0.1, -0.05) is 37.3 Å². The molecule has 0 aliphatic carbocycles. The van der Waals surface area contributed by atoms with E-state index in [0.717, 1.165) is 17.3 Å². The van der Waals surface area contributed by atoms with Gasteiger partial charge in [0.05, 0.1) is 6.04 Å². The zero-order chi connectivity index (χ0) is 20.5. The van der Waals surface area contributed by atoms with E-state index in [-0.39, 0.29) is 11.8 Å². The van der Waals surface area contributed by atoms with E-state index in [9.17, 15) is 22.8 Å². The van der Waals surface area contributed by atoms with Crippen LogP contribution in [-0.4, -0.2) is 38.2 Å². The number of carbonyl (C=O) groups excluding carboxylic acids is 1. The number of benzene rings is 1. The van der Waals surface area contributed by atoms with Crippen LogP contribution in [0.3, 0.4) is 0 Å². The summed E-state index contributed by atoms with van der Waals surface area (Å²) in [5.74, 6) is -1.11. The minimum Gasteiger partial charge on any atom is -0.343 e. The molecule has 2 aromatic rings. The number of alkyl halides is 3. The third kappa shape index (κ3) is 4.13. The van der Waals surface area contributed by atoms with Crippen molar-refractivity contribution >= 4 is 5.91 Å². The van der Waals surface area contributed by atoms with Crippen LogP contribution in [0.1, 0.15) is 49.5 Å². The van der Waals surface area contributed by atoms with Crippen LogP contribution in [0.4, 0.5) is 13.2 Å². The Balaban J connectivity index is 1.62. The second-order valence-electron chi connectivity index (χ2n) is 7.24. The third-order valence-corrected chi connectivity index (χ3v) is 5.27. The highest BCUT2D eigenvalue weighted by molar-refractivity contribution is 5.77. The molecule has 1 aliphatic rings. The second kappa shape index (κ2) is 7.81. The maximum Gasteiger partial charge on any atom is 0.451 e. The van der Waals surface area contributed by atoms with Gasteiger partial charge in [0.1, 0.15) is 0 Å². The van der Waals surface area contributed by atoms with Gasteiger partial charge in [0, 0.05) is 26.6 Å². The lowest BCUT2D eigenvalue weighted by molar-refractivity contribution is -0.147. The number of nitrogens with zero attached hydrogens (tertiary/aromatic N) is 4. The van der Waals surface area contributed by atoms with Gasteiger partial charge in [0.25, 0.3) is 0 Å². The van der Waals surface area contributed by atoms with E-state index >= 15 is 0 Å². The van der Waals surface area contributed by atoms with E-state index in [1.807, 2.05) is 37.3 Å². The number of piperidine rings is 1. The molecule has 2 heterocycles.